The fraction of sp³-hybridized carbons (Fsp3) is 0.450. The van der Waals surface area contributed by atoms with Gasteiger partial charge in [-0.3, -0.25) is 4.79 Å². The van der Waals surface area contributed by atoms with Gasteiger partial charge in [-0.05, 0) is 37.8 Å². The van der Waals surface area contributed by atoms with E-state index in [0.717, 1.165) is 36.3 Å². The van der Waals surface area contributed by atoms with E-state index in [4.69, 9.17) is 14.2 Å². The molecule has 3 rings (SSSR count). The van der Waals surface area contributed by atoms with Crippen LogP contribution in [0.1, 0.15) is 45.1 Å². The highest BCUT2D eigenvalue weighted by molar-refractivity contribution is 5.82. The number of methoxy groups -OCH3 is 1. The molecule has 2 aliphatic rings. The SMILES string of the molecule is COc1ccccc1/C=C/CC12CCCC=C1OC(C)(C)OC2=O. The summed E-state index contributed by atoms with van der Waals surface area (Å²) in [4.78, 5) is 12.7. The van der Waals surface area contributed by atoms with Crippen molar-refractivity contribution >= 4 is 12.0 Å². The van der Waals surface area contributed by atoms with Gasteiger partial charge >= 0.3 is 5.97 Å². The average Bonchev–Trinajstić information content (AvgIpc) is 2.55. The van der Waals surface area contributed by atoms with Crippen LogP contribution >= 0.6 is 0 Å². The van der Waals surface area contributed by atoms with Gasteiger partial charge in [0, 0.05) is 19.4 Å². The van der Waals surface area contributed by atoms with E-state index < -0.39 is 11.2 Å². The number of para-hydroxylation sites is 1. The molecule has 24 heavy (non-hydrogen) atoms. The number of rotatable bonds is 4. The summed E-state index contributed by atoms with van der Waals surface area (Å²) in [6.07, 6.45) is 9.27. The molecule has 1 unspecified atom stereocenters. The third-order valence-corrected chi connectivity index (χ3v) is 4.60. The minimum atomic E-state index is -0.893. The van der Waals surface area contributed by atoms with Gasteiger partial charge < -0.3 is 14.2 Å². The molecule has 1 aromatic carbocycles. The number of carbonyl (C=O) groups excluding carboxylic acids is 1. The minimum Gasteiger partial charge on any atom is -0.496 e. The van der Waals surface area contributed by atoms with Crippen molar-refractivity contribution in [2.75, 3.05) is 7.11 Å². The number of benzene rings is 1. The van der Waals surface area contributed by atoms with E-state index in [1.54, 1.807) is 21.0 Å². The number of carbonyl (C=O) groups is 1. The van der Waals surface area contributed by atoms with Crippen LogP contribution in [0.5, 0.6) is 5.75 Å². The van der Waals surface area contributed by atoms with Crippen LogP contribution < -0.4 is 4.74 Å². The summed E-state index contributed by atoms with van der Waals surface area (Å²) in [6, 6.07) is 7.81. The Hall–Kier alpha value is -2.23. The zero-order chi connectivity index (χ0) is 17.2. The van der Waals surface area contributed by atoms with Crippen LogP contribution in [-0.2, 0) is 14.3 Å². The predicted molar refractivity (Wildman–Crippen MR) is 92.3 cm³/mol. The monoisotopic (exact) mass is 328 g/mol. The Kier molecular flexibility index (Phi) is 4.39. The maximum atomic E-state index is 12.7. The van der Waals surface area contributed by atoms with E-state index in [1.807, 2.05) is 42.5 Å². The van der Waals surface area contributed by atoms with Crippen LogP contribution in [0, 0.1) is 5.41 Å². The molecule has 0 saturated carbocycles. The van der Waals surface area contributed by atoms with E-state index in [2.05, 4.69) is 0 Å². The zero-order valence-electron chi connectivity index (χ0n) is 14.5. The second kappa shape index (κ2) is 6.34. The van der Waals surface area contributed by atoms with Crippen molar-refractivity contribution in [3.8, 4) is 5.75 Å². The highest BCUT2D eigenvalue weighted by Gasteiger charge is 2.52. The molecule has 0 amide bonds. The molecule has 128 valence electrons. The summed E-state index contributed by atoms with van der Waals surface area (Å²) in [6.45, 7) is 3.55. The van der Waals surface area contributed by atoms with Gasteiger partial charge in [-0.15, -0.1) is 0 Å². The number of allylic oxidation sites excluding steroid dienone is 2. The lowest BCUT2D eigenvalue weighted by Gasteiger charge is -2.45. The molecular formula is C20H24O4. The molecule has 4 nitrogen and oxygen atoms in total. The smallest absolute Gasteiger partial charge is 0.323 e. The molecular weight excluding hydrogens is 304 g/mol. The third kappa shape index (κ3) is 3.05. The number of cyclic esters (lactones) is 1. The first kappa shape index (κ1) is 16.6. The molecule has 1 saturated heterocycles. The topological polar surface area (TPSA) is 44.8 Å². The largest absolute Gasteiger partial charge is 0.496 e. The fourth-order valence-corrected chi connectivity index (χ4v) is 3.38. The number of esters is 1. The summed E-state index contributed by atoms with van der Waals surface area (Å²) in [7, 11) is 1.65. The first-order valence-corrected chi connectivity index (χ1v) is 8.39. The molecule has 1 aliphatic heterocycles. The van der Waals surface area contributed by atoms with E-state index in [9.17, 15) is 4.79 Å². The van der Waals surface area contributed by atoms with Gasteiger partial charge in [0.1, 0.15) is 16.9 Å². The van der Waals surface area contributed by atoms with Gasteiger partial charge in [-0.2, -0.15) is 0 Å². The normalized spacial score (nSPS) is 25.5. The average molecular weight is 328 g/mol. The summed E-state index contributed by atoms with van der Waals surface area (Å²) in [5.41, 5.74) is 0.301. The molecule has 1 atom stereocenters. The molecule has 0 N–H and O–H groups in total. The minimum absolute atomic E-state index is 0.186. The number of hydrogen-bond acceptors (Lipinski definition) is 4. The molecule has 1 aromatic rings. The highest BCUT2D eigenvalue weighted by atomic mass is 16.7. The van der Waals surface area contributed by atoms with E-state index in [1.165, 1.54) is 0 Å². The van der Waals surface area contributed by atoms with Gasteiger partial charge in [0.25, 0.3) is 0 Å². The van der Waals surface area contributed by atoms with E-state index in [-0.39, 0.29) is 5.97 Å². The molecule has 0 bridgehead atoms. The van der Waals surface area contributed by atoms with Crippen LogP contribution in [0.15, 0.2) is 42.2 Å². The van der Waals surface area contributed by atoms with Gasteiger partial charge in [-0.25, -0.2) is 0 Å². The van der Waals surface area contributed by atoms with Crippen molar-refractivity contribution in [2.24, 2.45) is 5.41 Å². The quantitative estimate of drug-likeness (QED) is 0.765. The van der Waals surface area contributed by atoms with Crippen molar-refractivity contribution < 1.29 is 19.0 Å². The van der Waals surface area contributed by atoms with Crippen LogP contribution in [0.4, 0.5) is 0 Å². The zero-order valence-corrected chi connectivity index (χ0v) is 14.5. The van der Waals surface area contributed by atoms with Crippen LogP contribution in [0.25, 0.3) is 6.08 Å². The Morgan fingerprint density at radius 1 is 1.25 bits per heavy atom. The van der Waals surface area contributed by atoms with Crippen LogP contribution in [0.3, 0.4) is 0 Å². The van der Waals surface area contributed by atoms with Gasteiger partial charge in [0.15, 0.2) is 0 Å². The molecule has 0 aromatic heterocycles. The first-order valence-electron chi connectivity index (χ1n) is 8.39. The Morgan fingerprint density at radius 3 is 2.83 bits per heavy atom. The second-order valence-electron chi connectivity index (χ2n) is 6.78. The lowest BCUT2D eigenvalue weighted by atomic mass is 9.73. The van der Waals surface area contributed by atoms with E-state index >= 15 is 0 Å². The Balaban J connectivity index is 1.84. The lowest BCUT2D eigenvalue weighted by Crippen LogP contribution is -2.49. The number of fused-ring (bicyclic) bond motifs is 1. The predicted octanol–water partition coefficient (Wildman–Crippen LogP) is 4.46. The van der Waals surface area contributed by atoms with Crippen molar-refractivity contribution in [3.63, 3.8) is 0 Å². The summed E-state index contributed by atoms with van der Waals surface area (Å²) < 4.78 is 16.9. The maximum absolute atomic E-state index is 12.7. The van der Waals surface area contributed by atoms with Crippen molar-refractivity contribution in [1.29, 1.82) is 0 Å². The first-order chi connectivity index (χ1) is 11.5. The second-order valence-corrected chi connectivity index (χ2v) is 6.78. The standard InChI is InChI=1S/C20H24O4/c1-19(2)23-17-12-6-7-13-20(17,18(21)24-19)14-8-10-15-9-4-5-11-16(15)22-3/h4-5,8-12H,6-7,13-14H2,1-3H3/b10-8+. The summed E-state index contributed by atoms with van der Waals surface area (Å²) in [5.74, 6) is 0.499. The highest BCUT2D eigenvalue weighted by Crippen LogP contribution is 2.48. The fourth-order valence-electron chi connectivity index (χ4n) is 3.38. The summed E-state index contributed by atoms with van der Waals surface area (Å²) >= 11 is 0. The molecule has 1 aliphatic carbocycles. The Morgan fingerprint density at radius 2 is 2.04 bits per heavy atom. The van der Waals surface area contributed by atoms with Gasteiger partial charge in [0.05, 0.1) is 7.11 Å². The number of ether oxygens (including phenoxy) is 3. The molecule has 0 spiro atoms. The molecule has 1 heterocycles. The number of hydrogen-bond donors (Lipinski definition) is 0. The van der Waals surface area contributed by atoms with Crippen molar-refractivity contribution in [1.82, 2.24) is 0 Å². The van der Waals surface area contributed by atoms with Crippen LogP contribution in [-0.4, -0.2) is 18.9 Å². The van der Waals surface area contributed by atoms with Crippen molar-refractivity contribution in [2.45, 2.75) is 45.3 Å². The Labute approximate surface area is 143 Å². The van der Waals surface area contributed by atoms with Crippen molar-refractivity contribution in [3.05, 3.63) is 47.7 Å². The molecule has 0 radical (unpaired) electrons. The van der Waals surface area contributed by atoms with Crippen LogP contribution in [0.2, 0.25) is 0 Å². The Bertz CT molecular complexity index is 687. The molecule has 1 fully saturated rings. The lowest BCUT2D eigenvalue weighted by molar-refractivity contribution is -0.242. The third-order valence-electron chi connectivity index (χ3n) is 4.60. The maximum Gasteiger partial charge on any atom is 0.323 e. The molecule has 4 heteroatoms. The summed E-state index contributed by atoms with van der Waals surface area (Å²) in [5, 5.41) is 0. The van der Waals surface area contributed by atoms with E-state index in [0.29, 0.717) is 6.42 Å². The van der Waals surface area contributed by atoms with Gasteiger partial charge in [-0.1, -0.05) is 30.4 Å². The van der Waals surface area contributed by atoms with Gasteiger partial charge in [0.2, 0.25) is 5.79 Å².